The molecule has 1 saturated heterocycles. The van der Waals surface area contributed by atoms with Crippen molar-refractivity contribution in [2.24, 2.45) is 4.99 Å². The fourth-order valence-corrected chi connectivity index (χ4v) is 7.21. The normalized spacial score (nSPS) is 19.7. The van der Waals surface area contributed by atoms with Crippen LogP contribution in [0.2, 0.25) is 0 Å². The molecule has 4 aromatic rings. The number of anilines is 2. The van der Waals surface area contributed by atoms with Gasteiger partial charge in [0.1, 0.15) is 18.0 Å². The van der Waals surface area contributed by atoms with Crippen molar-refractivity contribution < 1.29 is 23.9 Å². The number of nitrogens with zero attached hydrogens (tertiary/aromatic N) is 4. The number of para-hydroxylation sites is 2. The Labute approximate surface area is 268 Å². The summed E-state index contributed by atoms with van der Waals surface area (Å²) >= 11 is 1.23. The van der Waals surface area contributed by atoms with Crippen molar-refractivity contribution in [3.05, 3.63) is 132 Å². The number of aliphatic imine (C=N–C) groups is 1. The van der Waals surface area contributed by atoms with Gasteiger partial charge in [-0.3, -0.25) is 34.4 Å². The monoisotopic (exact) mass is 629 g/mol. The molecule has 1 fully saturated rings. The molecule has 7 rings (SSSR count). The highest BCUT2D eigenvalue weighted by atomic mass is 32.2. The number of methoxy groups -OCH3 is 1. The molecule has 11 heteroatoms. The van der Waals surface area contributed by atoms with E-state index in [2.05, 4.69) is 10.4 Å². The summed E-state index contributed by atoms with van der Waals surface area (Å²) < 4.78 is 5.22. The summed E-state index contributed by atoms with van der Waals surface area (Å²) in [7, 11) is 1.57. The number of carbonyl (C=O) groups is 4. The van der Waals surface area contributed by atoms with Crippen molar-refractivity contribution in [1.82, 2.24) is 10.4 Å². The van der Waals surface area contributed by atoms with Gasteiger partial charge in [0.2, 0.25) is 10.8 Å². The van der Waals surface area contributed by atoms with E-state index in [1.54, 1.807) is 73.8 Å². The molecule has 0 aliphatic carbocycles. The average molecular weight is 630 g/mol. The van der Waals surface area contributed by atoms with E-state index in [4.69, 9.17) is 4.74 Å². The lowest BCUT2D eigenvalue weighted by molar-refractivity contribution is -0.133. The zero-order chi connectivity index (χ0) is 31.8. The fraction of sp³-hybridized carbons (Fsp3) is 0.114. The fourth-order valence-electron chi connectivity index (χ4n) is 5.85. The lowest BCUT2D eigenvalue weighted by atomic mass is 10.0. The Kier molecular flexibility index (Phi) is 7.37. The molecule has 3 heterocycles. The minimum Gasteiger partial charge on any atom is -0.497 e. The van der Waals surface area contributed by atoms with Gasteiger partial charge in [-0.05, 0) is 42.0 Å². The summed E-state index contributed by atoms with van der Waals surface area (Å²) in [4.78, 5) is 61.1. The first-order chi connectivity index (χ1) is 22.4. The Morgan fingerprint density at radius 2 is 1.59 bits per heavy atom. The zero-order valence-corrected chi connectivity index (χ0v) is 25.4. The molecule has 1 spiro atoms. The lowest BCUT2D eigenvalue weighted by Crippen LogP contribution is -2.54. The van der Waals surface area contributed by atoms with Crippen LogP contribution in [0.25, 0.3) is 6.08 Å². The van der Waals surface area contributed by atoms with Gasteiger partial charge in [-0.25, -0.2) is 4.99 Å². The van der Waals surface area contributed by atoms with Crippen molar-refractivity contribution in [2.75, 3.05) is 29.2 Å². The number of thioether (sulfide) groups is 1. The maximum absolute atomic E-state index is 14.3. The van der Waals surface area contributed by atoms with E-state index >= 15 is 0 Å². The highest BCUT2D eigenvalue weighted by molar-refractivity contribution is 8.02. The minimum atomic E-state index is -1.36. The van der Waals surface area contributed by atoms with Crippen LogP contribution in [0.4, 0.5) is 11.4 Å². The number of hydrogen-bond donors (Lipinski definition) is 1. The van der Waals surface area contributed by atoms with E-state index in [1.165, 1.54) is 21.6 Å². The first-order valence-electron chi connectivity index (χ1n) is 14.5. The molecule has 1 N–H and O–H groups in total. The molecule has 4 amide bonds. The Balaban J connectivity index is 1.18. The van der Waals surface area contributed by atoms with Crippen LogP contribution in [0.3, 0.4) is 0 Å². The first-order valence-corrected chi connectivity index (χ1v) is 15.5. The minimum absolute atomic E-state index is 0.109. The number of fused-ring (bicyclic) bond motifs is 2. The highest BCUT2D eigenvalue weighted by Gasteiger charge is 2.61. The summed E-state index contributed by atoms with van der Waals surface area (Å²) in [5.41, 5.74) is 5.91. The van der Waals surface area contributed by atoms with E-state index in [-0.39, 0.29) is 23.2 Å². The number of nitrogens with one attached hydrogen (secondary N) is 1. The van der Waals surface area contributed by atoms with Crippen molar-refractivity contribution in [1.29, 1.82) is 0 Å². The molecule has 3 aliphatic heterocycles. The average Bonchev–Trinajstić information content (AvgIpc) is 3.68. The number of amidine groups is 1. The molecule has 0 bridgehead atoms. The quantitative estimate of drug-likeness (QED) is 0.305. The molecule has 1 unspecified atom stereocenters. The van der Waals surface area contributed by atoms with Crippen molar-refractivity contribution >= 4 is 58.7 Å². The smallest absolute Gasteiger partial charge is 0.297 e. The number of amides is 4. The van der Waals surface area contributed by atoms with Gasteiger partial charge in [0.25, 0.3) is 17.7 Å². The summed E-state index contributed by atoms with van der Waals surface area (Å²) in [6, 6.07) is 32.4. The maximum Gasteiger partial charge on any atom is 0.297 e. The summed E-state index contributed by atoms with van der Waals surface area (Å²) in [6.45, 7) is -0.391. The Hall–Kier alpha value is -5.68. The molecule has 0 radical (unpaired) electrons. The van der Waals surface area contributed by atoms with Gasteiger partial charge in [-0.1, -0.05) is 78.9 Å². The van der Waals surface area contributed by atoms with Crippen molar-refractivity contribution in [3.8, 4) is 5.75 Å². The van der Waals surface area contributed by atoms with Crippen molar-refractivity contribution in [3.63, 3.8) is 0 Å². The Morgan fingerprint density at radius 3 is 2.30 bits per heavy atom. The van der Waals surface area contributed by atoms with Gasteiger partial charge in [0.05, 0.1) is 18.6 Å². The van der Waals surface area contributed by atoms with Gasteiger partial charge in [0.15, 0.2) is 5.84 Å². The van der Waals surface area contributed by atoms with E-state index in [0.29, 0.717) is 28.3 Å². The molecular formula is C35H27N5O5S. The van der Waals surface area contributed by atoms with Crippen molar-refractivity contribution in [2.45, 2.75) is 4.87 Å². The van der Waals surface area contributed by atoms with E-state index in [9.17, 15) is 19.2 Å². The van der Waals surface area contributed by atoms with Crippen LogP contribution in [0.5, 0.6) is 5.75 Å². The van der Waals surface area contributed by atoms with E-state index < -0.39 is 29.1 Å². The van der Waals surface area contributed by atoms with E-state index in [1.807, 2.05) is 48.5 Å². The molecule has 10 nitrogen and oxygen atoms in total. The molecule has 1 atom stereocenters. The molecular weight excluding hydrogens is 602 g/mol. The van der Waals surface area contributed by atoms with Crippen LogP contribution in [-0.4, -0.2) is 53.9 Å². The Morgan fingerprint density at radius 1 is 0.913 bits per heavy atom. The molecule has 228 valence electrons. The predicted octanol–water partition coefficient (Wildman–Crippen LogP) is 4.34. The predicted molar refractivity (Wildman–Crippen MR) is 176 cm³/mol. The van der Waals surface area contributed by atoms with Gasteiger partial charge in [-0.2, -0.15) is 5.01 Å². The molecule has 0 aromatic heterocycles. The van der Waals surface area contributed by atoms with E-state index in [0.717, 1.165) is 10.6 Å². The van der Waals surface area contributed by atoms with Crippen LogP contribution >= 0.6 is 11.8 Å². The second-order valence-corrected chi connectivity index (χ2v) is 11.9. The van der Waals surface area contributed by atoms with Crippen LogP contribution in [0.15, 0.2) is 120 Å². The lowest BCUT2D eigenvalue weighted by Gasteiger charge is -2.33. The zero-order valence-electron chi connectivity index (χ0n) is 24.6. The summed E-state index contributed by atoms with van der Waals surface area (Å²) in [5.74, 6) is -0.716. The molecule has 4 aromatic carbocycles. The van der Waals surface area contributed by atoms with Gasteiger partial charge in [-0.15, -0.1) is 11.8 Å². The van der Waals surface area contributed by atoms with Gasteiger partial charge < -0.3 is 4.74 Å². The standard InChI is InChI=1S/C35H27N5O5S/c1-45-26-18-16-23(17-19-26)20-28-33(43)40(32(36-28)24-10-4-2-5-11-24)37-30(41)21-38-29-15-9-8-14-27(29)35(34(38)44)39(31(42)22-46-35)25-12-6-3-7-13-25/h2-20H,21-22H2,1H3,(H,37,41)/b28-20-. The third-order valence-electron chi connectivity index (χ3n) is 7.93. The number of hydrogen-bond acceptors (Lipinski definition) is 7. The molecule has 3 aliphatic rings. The van der Waals surface area contributed by atoms with Gasteiger partial charge >= 0.3 is 0 Å². The van der Waals surface area contributed by atoms with Crippen LogP contribution in [0.1, 0.15) is 16.7 Å². The second kappa shape index (κ2) is 11.7. The van der Waals surface area contributed by atoms with Crippen LogP contribution in [0, 0.1) is 0 Å². The largest absolute Gasteiger partial charge is 0.497 e. The number of hydrazine groups is 1. The topological polar surface area (TPSA) is 112 Å². The SMILES string of the molecule is COc1ccc(/C=C2\N=C(c3ccccc3)N(NC(=O)CN3C(=O)C4(SCC(=O)N4c4ccccc4)c4ccccc43)C2=O)cc1. The van der Waals surface area contributed by atoms with Crippen LogP contribution < -0.4 is 20.0 Å². The van der Waals surface area contributed by atoms with Gasteiger partial charge in [0, 0.05) is 16.8 Å². The summed E-state index contributed by atoms with van der Waals surface area (Å²) in [5, 5.41) is 1.11. The highest BCUT2D eigenvalue weighted by Crippen LogP contribution is 2.55. The number of ether oxygens (including phenoxy) is 1. The number of benzene rings is 4. The summed E-state index contributed by atoms with van der Waals surface area (Å²) in [6.07, 6.45) is 1.63. The third kappa shape index (κ3) is 4.81. The molecule has 0 saturated carbocycles. The second-order valence-electron chi connectivity index (χ2n) is 10.7. The van der Waals surface area contributed by atoms with Crippen LogP contribution in [-0.2, 0) is 24.0 Å². The first kappa shape index (κ1) is 29.1. The maximum atomic E-state index is 14.3. The number of carbonyl (C=O) groups excluding carboxylic acids is 4. The number of rotatable bonds is 7. The third-order valence-corrected chi connectivity index (χ3v) is 9.31. The molecule has 46 heavy (non-hydrogen) atoms. The Bertz CT molecular complexity index is 1930.